The van der Waals surface area contributed by atoms with Crippen LogP contribution in [-0.2, 0) is 11.4 Å². The van der Waals surface area contributed by atoms with Gasteiger partial charge in [0.2, 0.25) is 0 Å². The number of hydrazone groups is 1. The highest BCUT2D eigenvalue weighted by Crippen LogP contribution is 2.36. The molecule has 4 aromatic rings. The Labute approximate surface area is 207 Å². The van der Waals surface area contributed by atoms with Gasteiger partial charge < -0.3 is 4.74 Å². The number of amides is 1. The lowest BCUT2D eigenvalue weighted by Crippen LogP contribution is -2.21. The van der Waals surface area contributed by atoms with Gasteiger partial charge in [-0.15, -0.1) is 0 Å². The van der Waals surface area contributed by atoms with Crippen LogP contribution in [0.2, 0.25) is 10.0 Å². The molecular formula is C28H20Cl2N2O2. The summed E-state index contributed by atoms with van der Waals surface area (Å²) in [5.74, 6) is 0.241. The van der Waals surface area contributed by atoms with Crippen LogP contribution in [0, 0.1) is 0 Å². The largest absolute Gasteiger partial charge is 0.487 e. The van der Waals surface area contributed by atoms with Gasteiger partial charge in [-0.3, -0.25) is 4.79 Å². The number of para-hydroxylation sites is 1. The van der Waals surface area contributed by atoms with Crippen molar-refractivity contribution in [1.82, 2.24) is 0 Å². The zero-order chi connectivity index (χ0) is 23.7. The molecule has 1 amide bonds. The number of fused-ring (bicyclic) bond motifs is 1. The minimum atomic E-state index is -0.222. The molecule has 0 atom stereocenters. The Balaban J connectivity index is 1.49. The van der Waals surface area contributed by atoms with Crippen molar-refractivity contribution in [3.05, 3.63) is 112 Å². The fraction of sp³-hybridized carbons (Fsp3) is 0.0714. The first kappa shape index (κ1) is 22.2. The van der Waals surface area contributed by atoms with Gasteiger partial charge in [-0.05, 0) is 53.6 Å². The lowest BCUT2D eigenvalue weighted by atomic mass is 10.0. The molecule has 0 aliphatic carbocycles. The molecule has 0 unspecified atom stereocenters. The Bertz CT molecular complexity index is 1460. The van der Waals surface area contributed by atoms with Gasteiger partial charge in [0, 0.05) is 10.6 Å². The Morgan fingerprint density at radius 1 is 0.941 bits per heavy atom. The van der Waals surface area contributed by atoms with Crippen LogP contribution in [0.4, 0.5) is 5.69 Å². The summed E-state index contributed by atoms with van der Waals surface area (Å²) in [6.07, 6.45) is 1.74. The highest BCUT2D eigenvalue weighted by molar-refractivity contribution is 6.36. The first-order valence-corrected chi connectivity index (χ1v) is 11.5. The van der Waals surface area contributed by atoms with Crippen LogP contribution < -0.4 is 9.75 Å². The van der Waals surface area contributed by atoms with E-state index in [9.17, 15) is 4.79 Å². The van der Waals surface area contributed by atoms with Gasteiger partial charge in [0.15, 0.2) is 0 Å². The average Bonchev–Trinajstić information content (AvgIpc) is 3.12. The van der Waals surface area contributed by atoms with Crippen molar-refractivity contribution in [3.8, 4) is 5.75 Å². The topological polar surface area (TPSA) is 41.9 Å². The number of rotatable bonds is 5. The van der Waals surface area contributed by atoms with E-state index in [4.69, 9.17) is 27.9 Å². The number of hydrogen-bond donors (Lipinski definition) is 0. The fourth-order valence-corrected chi connectivity index (χ4v) is 4.56. The van der Waals surface area contributed by atoms with Crippen molar-refractivity contribution in [1.29, 1.82) is 0 Å². The van der Waals surface area contributed by atoms with E-state index in [-0.39, 0.29) is 5.91 Å². The Hall–Kier alpha value is -3.60. The van der Waals surface area contributed by atoms with Gasteiger partial charge in [0.25, 0.3) is 5.91 Å². The smallest absolute Gasteiger partial charge is 0.280 e. The van der Waals surface area contributed by atoms with Crippen LogP contribution >= 0.6 is 23.2 Å². The second-order valence-electron chi connectivity index (χ2n) is 7.93. The average molecular weight is 487 g/mol. The third kappa shape index (κ3) is 4.30. The molecule has 0 radical (unpaired) electrons. The van der Waals surface area contributed by atoms with Crippen LogP contribution in [0.1, 0.15) is 18.1 Å². The van der Waals surface area contributed by atoms with Gasteiger partial charge in [-0.1, -0.05) is 83.9 Å². The van der Waals surface area contributed by atoms with E-state index in [0.29, 0.717) is 44.9 Å². The molecule has 1 aliphatic rings. The number of carbonyl (C=O) groups excluding carboxylic acids is 1. The molecule has 34 heavy (non-hydrogen) atoms. The van der Waals surface area contributed by atoms with Crippen LogP contribution in [0.25, 0.3) is 16.8 Å². The van der Waals surface area contributed by atoms with E-state index in [1.807, 2.05) is 54.6 Å². The van der Waals surface area contributed by atoms with E-state index in [0.717, 1.165) is 16.3 Å². The summed E-state index contributed by atoms with van der Waals surface area (Å²) in [6.45, 7) is 2.12. The third-order valence-corrected chi connectivity index (χ3v) is 6.15. The molecule has 5 rings (SSSR count). The van der Waals surface area contributed by atoms with Crippen molar-refractivity contribution >= 4 is 57.4 Å². The van der Waals surface area contributed by atoms with Crippen LogP contribution in [0.3, 0.4) is 0 Å². The summed E-state index contributed by atoms with van der Waals surface area (Å²) >= 11 is 12.8. The molecule has 0 aromatic heterocycles. The lowest BCUT2D eigenvalue weighted by molar-refractivity contribution is -0.114. The Morgan fingerprint density at radius 3 is 2.50 bits per heavy atom. The van der Waals surface area contributed by atoms with Crippen molar-refractivity contribution in [2.24, 2.45) is 5.10 Å². The molecule has 1 aliphatic heterocycles. The highest BCUT2D eigenvalue weighted by atomic mass is 35.5. The monoisotopic (exact) mass is 486 g/mol. The molecular weight excluding hydrogens is 467 g/mol. The number of hydrogen-bond acceptors (Lipinski definition) is 3. The molecule has 1 heterocycles. The van der Waals surface area contributed by atoms with Crippen molar-refractivity contribution in [2.45, 2.75) is 13.5 Å². The summed E-state index contributed by atoms with van der Waals surface area (Å²) in [4.78, 5) is 13.2. The maximum atomic E-state index is 13.2. The van der Waals surface area contributed by atoms with Gasteiger partial charge in [-0.2, -0.15) is 10.1 Å². The second-order valence-corrected chi connectivity index (χ2v) is 8.77. The van der Waals surface area contributed by atoms with Gasteiger partial charge in [-0.25, -0.2) is 0 Å². The molecule has 0 spiro atoms. The molecule has 6 heteroatoms. The molecule has 4 aromatic carbocycles. The number of nitrogens with zero attached hydrogens (tertiary/aromatic N) is 2. The standard InChI is InChI=1S/C28H20Cl2N2O2/c1-18-25(28(33)32(31-18)23-11-3-2-4-12-23)15-21-14-22(29)16-26(30)27(21)34-17-20-10-7-9-19-8-5-6-13-24(19)20/h2-16H,17H2,1H3/b25-15+. The van der Waals surface area contributed by atoms with E-state index in [1.165, 1.54) is 5.01 Å². The van der Waals surface area contributed by atoms with Crippen LogP contribution in [-0.4, -0.2) is 11.6 Å². The Morgan fingerprint density at radius 2 is 1.68 bits per heavy atom. The summed E-state index contributed by atoms with van der Waals surface area (Å²) in [6, 6.07) is 26.9. The lowest BCUT2D eigenvalue weighted by Gasteiger charge is -2.14. The summed E-state index contributed by atoms with van der Waals surface area (Å²) < 4.78 is 6.21. The molecule has 0 fully saturated rings. The zero-order valence-corrected chi connectivity index (χ0v) is 19.8. The minimum absolute atomic E-state index is 0.222. The predicted octanol–water partition coefficient (Wildman–Crippen LogP) is 7.53. The highest BCUT2D eigenvalue weighted by Gasteiger charge is 2.29. The second kappa shape index (κ2) is 9.34. The molecule has 168 valence electrons. The SMILES string of the molecule is CC1=NN(c2ccccc2)C(=O)/C1=C/c1cc(Cl)cc(Cl)c1OCc1cccc2ccccc12. The fourth-order valence-electron chi connectivity index (χ4n) is 3.99. The van der Waals surface area contributed by atoms with E-state index >= 15 is 0 Å². The normalized spacial score (nSPS) is 14.7. The molecule has 0 saturated heterocycles. The van der Waals surface area contributed by atoms with E-state index in [2.05, 4.69) is 23.3 Å². The quantitative estimate of drug-likeness (QED) is 0.273. The van der Waals surface area contributed by atoms with Crippen molar-refractivity contribution in [2.75, 3.05) is 5.01 Å². The number of ether oxygens (including phenoxy) is 1. The maximum absolute atomic E-state index is 13.2. The van der Waals surface area contributed by atoms with Gasteiger partial charge in [0.05, 0.1) is 22.0 Å². The van der Waals surface area contributed by atoms with E-state index in [1.54, 1.807) is 25.1 Å². The number of halogens is 2. The summed E-state index contributed by atoms with van der Waals surface area (Å²) in [5, 5.41) is 8.92. The molecule has 4 nitrogen and oxygen atoms in total. The maximum Gasteiger partial charge on any atom is 0.280 e. The predicted molar refractivity (Wildman–Crippen MR) is 140 cm³/mol. The van der Waals surface area contributed by atoms with Crippen LogP contribution in [0.15, 0.2) is 95.6 Å². The number of anilines is 1. The summed E-state index contributed by atoms with van der Waals surface area (Å²) in [5.41, 5.74) is 3.41. The zero-order valence-electron chi connectivity index (χ0n) is 18.3. The van der Waals surface area contributed by atoms with Gasteiger partial charge >= 0.3 is 0 Å². The minimum Gasteiger partial charge on any atom is -0.487 e. The van der Waals surface area contributed by atoms with Crippen molar-refractivity contribution in [3.63, 3.8) is 0 Å². The van der Waals surface area contributed by atoms with Gasteiger partial charge in [0.1, 0.15) is 12.4 Å². The third-order valence-electron chi connectivity index (χ3n) is 5.65. The number of benzene rings is 4. The molecule has 0 bridgehead atoms. The van der Waals surface area contributed by atoms with Crippen LogP contribution in [0.5, 0.6) is 5.75 Å². The number of carbonyl (C=O) groups is 1. The van der Waals surface area contributed by atoms with Crippen molar-refractivity contribution < 1.29 is 9.53 Å². The molecule has 0 N–H and O–H groups in total. The first-order valence-electron chi connectivity index (χ1n) is 10.8. The molecule has 0 saturated carbocycles. The Kier molecular flexibility index (Phi) is 6.10. The first-order chi connectivity index (χ1) is 16.5. The summed E-state index contributed by atoms with van der Waals surface area (Å²) in [7, 11) is 0. The van der Waals surface area contributed by atoms with E-state index < -0.39 is 0 Å².